The monoisotopic (exact) mass is 292 g/mol. The summed E-state index contributed by atoms with van der Waals surface area (Å²) in [5, 5.41) is 11.3. The van der Waals surface area contributed by atoms with Crippen molar-refractivity contribution in [1.82, 2.24) is 0 Å². The fourth-order valence-corrected chi connectivity index (χ4v) is 6.14. The summed E-state index contributed by atoms with van der Waals surface area (Å²) in [6, 6.07) is 10.5. The predicted octanol–water partition coefficient (Wildman–Crippen LogP) is 3.20. The Balaban J connectivity index is 1.56. The van der Waals surface area contributed by atoms with Crippen molar-refractivity contribution in [3.05, 3.63) is 35.9 Å². The minimum atomic E-state index is -0.684. The SMILES string of the molecule is O=S1C2CCCC1CC(O)(CCCc1ccccc1)C2. The van der Waals surface area contributed by atoms with E-state index in [1.54, 1.807) is 0 Å². The second-order valence-electron chi connectivity index (χ2n) is 6.48. The van der Waals surface area contributed by atoms with Crippen LogP contribution in [0.1, 0.15) is 50.5 Å². The molecule has 3 heteroatoms. The van der Waals surface area contributed by atoms with Crippen LogP contribution < -0.4 is 0 Å². The summed E-state index contributed by atoms with van der Waals surface area (Å²) in [5.74, 6) is 0. The van der Waals surface area contributed by atoms with Gasteiger partial charge in [-0.25, -0.2) is 0 Å². The minimum Gasteiger partial charge on any atom is -0.390 e. The molecule has 0 radical (unpaired) electrons. The summed E-state index contributed by atoms with van der Waals surface area (Å²) in [6.45, 7) is 0. The van der Waals surface area contributed by atoms with Gasteiger partial charge in [-0.3, -0.25) is 4.21 Å². The molecule has 0 spiro atoms. The molecular formula is C17H24O2S. The van der Waals surface area contributed by atoms with Crippen LogP contribution in [-0.2, 0) is 17.2 Å². The number of hydrogen-bond acceptors (Lipinski definition) is 2. The molecule has 1 N–H and O–H groups in total. The lowest BCUT2D eigenvalue weighted by atomic mass is 9.82. The van der Waals surface area contributed by atoms with Gasteiger partial charge in [-0.05, 0) is 50.5 Å². The summed E-state index contributed by atoms with van der Waals surface area (Å²) in [5.41, 5.74) is 0.786. The maximum Gasteiger partial charge on any atom is 0.0670 e. The molecule has 1 aromatic rings. The Morgan fingerprint density at radius 1 is 1.15 bits per heavy atom. The van der Waals surface area contributed by atoms with Crippen LogP contribution in [0.2, 0.25) is 0 Å². The van der Waals surface area contributed by atoms with Crippen molar-refractivity contribution in [3.63, 3.8) is 0 Å². The highest BCUT2D eigenvalue weighted by Gasteiger charge is 2.44. The largest absolute Gasteiger partial charge is 0.390 e. The van der Waals surface area contributed by atoms with E-state index in [0.717, 1.165) is 44.9 Å². The fraction of sp³-hybridized carbons (Fsp3) is 0.647. The van der Waals surface area contributed by atoms with Crippen molar-refractivity contribution >= 4 is 10.8 Å². The number of benzene rings is 1. The van der Waals surface area contributed by atoms with Crippen molar-refractivity contribution in [1.29, 1.82) is 0 Å². The Morgan fingerprint density at radius 2 is 1.80 bits per heavy atom. The first-order valence-corrected chi connectivity index (χ1v) is 9.10. The van der Waals surface area contributed by atoms with Gasteiger partial charge in [0.25, 0.3) is 0 Å². The molecule has 2 heterocycles. The fourth-order valence-electron chi connectivity index (χ4n) is 3.85. The Labute approximate surface area is 124 Å². The number of rotatable bonds is 4. The van der Waals surface area contributed by atoms with Crippen molar-refractivity contribution < 1.29 is 9.32 Å². The average Bonchev–Trinajstić information content (AvgIpc) is 2.42. The van der Waals surface area contributed by atoms with Crippen molar-refractivity contribution in [2.75, 3.05) is 0 Å². The van der Waals surface area contributed by atoms with Crippen LogP contribution >= 0.6 is 0 Å². The highest BCUT2D eigenvalue weighted by atomic mass is 32.2. The molecule has 20 heavy (non-hydrogen) atoms. The number of hydrogen-bond donors (Lipinski definition) is 1. The Morgan fingerprint density at radius 3 is 2.45 bits per heavy atom. The molecule has 0 amide bonds. The quantitative estimate of drug-likeness (QED) is 0.925. The zero-order valence-electron chi connectivity index (χ0n) is 12.0. The first-order chi connectivity index (χ1) is 9.66. The summed E-state index contributed by atoms with van der Waals surface area (Å²) >= 11 is 0. The maximum absolute atomic E-state index is 12.2. The van der Waals surface area contributed by atoms with Gasteiger partial charge >= 0.3 is 0 Å². The Hall–Kier alpha value is -0.670. The lowest BCUT2D eigenvalue weighted by Gasteiger charge is -2.43. The van der Waals surface area contributed by atoms with Crippen LogP contribution in [0.15, 0.2) is 30.3 Å². The molecule has 2 aliphatic rings. The summed E-state index contributed by atoms with van der Waals surface area (Å²) in [4.78, 5) is 0. The predicted molar refractivity (Wildman–Crippen MR) is 83.1 cm³/mol. The van der Waals surface area contributed by atoms with Crippen LogP contribution in [0.3, 0.4) is 0 Å². The Bertz CT molecular complexity index is 455. The zero-order chi connectivity index (χ0) is 14.0. The number of aryl methyl sites for hydroxylation is 1. The molecule has 0 aromatic heterocycles. The van der Waals surface area contributed by atoms with Gasteiger partial charge in [0.1, 0.15) is 0 Å². The van der Waals surface area contributed by atoms with Crippen molar-refractivity contribution in [3.8, 4) is 0 Å². The van der Waals surface area contributed by atoms with E-state index in [-0.39, 0.29) is 10.5 Å². The molecule has 1 aromatic carbocycles. The molecule has 3 rings (SSSR count). The minimum absolute atomic E-state index is 0.254. The van der Waals surface area contributed by atoms with Gasteiger partial charge in [-0.2, -0.15) is 0 Å². The van der Waals surface area contributed by atoms with E-state index in [1.165, 1.54) is 12.0 Å². The smallest absolute Gasteiger partial charge is 0.0670 e. The van der Waals surface area contributed by atoms with Crippen LogP contribution in [0.5, 0.6) is 0 Å². The van der Waals surface area contributed by atoms with Gasteiger partial charge in [0, 0.05) is 21.3 Å². The molecule has 2 saturated heterocycles. The molecule has 2 aliphatic heterocycles. The highest BCUT2D eigenvalue weighted by molar-refractivity contribution is 7.86. The normalized spacial score (nSPS) is 36.8. The van der Waals surface area contributed by atoms with E-state index in [4.69, 9.17) is 0 Å². The molecule has 2 bridgehead atoms. The standard InChI is InChI=1S/C17H24O2S/c18-17(11-5-8-14-6-2-1-3-7-14)12-15-9-4-10-16(13-17)20(15)19/h1-3,6-7,15-16,18H,4-5,8-13H2. The third-order valence-corrected chi connectivity index (χ3v) is 6.99. The number of aliphatic hydroxyl groups is 1. The summed E-state index contributed by atoms with van der Waals surface area (Å²) in [6.07, 6.45) is 7.70. The molecule has 2 fully saturated rings. The second kappa shape index (κ2) is 5.98. The van der Waals surface area contributed by atoms with Crippen LogP contribution in [0.25, 0.3) is 0 Å². The van der Waals surface area contributed by atoms with E-state index in [0.29, 0.717) is 0 Å². The molecule has 110 valence electrons. The van der Waals surface area contributed by atoms with Crippen molar-refractivity contribution in [2.45, 2.75) is 67.5 Å². The van der Waals surface area contributed by atoms with Gasteiger partial charge in [0.15, 0.2) is 0 Å². The lowest BCUT2D eigenvalue weighted by molar-refractivity contribution is 0.00151. The molecule has 2 nitrogen and oxygen atoms in total. The lowest BCUT2D eigenvalue weighted by Crippen LogP contribution is -2.49. The third-order valence-electron chi connectivity index (χ3n) is 4.87. The van der Waals surface area contributed by atoms with Gasteiger partial charge in [0.2, 0.25) is 0 Å². The third kappa shape index (κ3) is 3.15. The summed E-state index contributed by atoms with van der Waals surface area (Å²) < 4.78 is 12.2. The van der Waals surface area contributed by atoms with E-state index in [1.807, 2.05) is 6.07 Å². The second-order valence-corrected chi connectivity index (χ2v) is 8.47. The Kier molecular flexibility index (Phi) is 4.27. The molecule has 0 saturated carbocycles. The van der Waals surface area contributed by atoms with E-state index >= 15 is 0 Å². The van der Waals surface area contributed by atoms with Crippen LogP contribution in [-0.4, -0.2) is 25.4 Å². The average molecular weight is 292 g/mol. The van der Waals surface area contributed by atoms with Gasteiger partial charge in [-0.15, -0.1) is 0 Å². The van der Waals surface area contributed by atoms with E-state index in [9.17, 15) is 9.32 Å². The molecule has 2 atom stereocenters. The zero-order valence-corrected chi connectivity index (χ0v) is 12.8. The van der Waals surface area contributed by atoms with Gasteiger partial charge < -0.3 is 5.11 Å². The molecule has 2 unspecified atom stereocenters. The summed E-state index contributed by atoms with van der Waals surface area (Å²) in [7, 11) is -0.684. The van der Waals surface area contributed by atoms with E-state index < -0.39 is 16.4 Å². The van der Waals surface area contributed by atoms with Gasteiger partial charge in [-0.1, -0.05) is 36.8 Å². The first-order valence-electron chi connectivity index (χ1n) is 7.82. The first kappa shape index (κ1) is 14.3. The van der Waals surface area contributed by atoms with Gasteiger partial charge in [0.05, 0.1) is 5.60 Å². The maximum atomic E-state index is 12.2. The number of fused-ring (bicyclic) bond motifs is 2. The topological polar surface area (TPSA) is 37.3 Å². The van der Waals surface area contributed by atoms with E-state index in [2.05, 4.69) is 24.3 Å². The van der Waals surface area contributed by atoms with Crippen LogP contribution in [0.4, 0.5) is 0 Å². The molecule has 0 aliphatic carbocycles. The van der Waals surface area contributed by atoms with Crippen molar-refractivity contribution in [2.24, 2.45) is 0 Å². The van der Waals surface area contributed by atoms with Crippen LogP contribution in [0, 0.1) is 0 Å². The molecular weight excluding hydrogens is 268 g/mol. The highest BCUT2D eigenvalue weighted by Crippen LogP contribution is 2.41.